The average molecular weight is 161 g/mol. The van der Waals surface area contributed by atoms with E-state index in [0.717, 1.165) is 11.5 Å². The first-order chi connectivity index (χ1) is 4.81. The van der Waals surface area contributed by atoms with Gasteiger partial charge in [0.25, 0.3) is 0 Å². The molecule has 0 heterocycles. The van der Waals surface area contributed by atoms with Gasteiger partial charge in [-0.05, 0) is 19.6 Å². The third-order valence-corrected chi connectivity index (χ3v) is 1.68. The number of esters is 1. The smallest absolute Gasteiger partial charge is 0.306 e. The summed E-state index contributed by atoms with van der Waals surface area (Å²) in [4.78, 5) is 10.7. The van der Waals surface area contributed by atoms with Crippen molar-refractivity contribution in [3.63, 3.8) is 0 Å². The Balaban J connectivity index is 3.05. The Morgan fingerprint density at radius 2 is 2.40 bits per heavy atom. The van der Waals surface area contributed by atoms with Crippen molar-refractivity contribution in [1.29, 1.82) is 0 Å². The molecule has 0 aliphatic heterocycles. The fraction of sp³-hybridized carbons (Fsp3) is 0.714. The fourth-order valence-electron chi connectivity index (χ4n) is 0.491. The second-order valence-electron chi connectivity index (χ2n) is 1.67. The summed E-state index contributed by atoms with van der Waals surface area (Å²) < 4.78 is 4.72. The number of carbonyl (C=O) groups is 1. The summed E-state index contributed by atoms with van der Waals surface area (Å²) in [7, 11) is 0. The van der Waals surface area contributed by atoms with Crippen molar-refractivity contribution < 1.29 is 9.53 Å². The van der Waals surface area contributed by atoms with Crippen LogP contribution in [0, 0.1) is 6.92 Å². The first kappa shape index (κ1) is 9.82. The summed E-state index contributed by atoms with van der Waals surface area (Å²) in [6, 6.07) is 0. The van der Waals surface area contributed by atoms with Crippen molar-refractivity contribution >= 4 is 17.7 Å². The summed E-state index contributed by atoms with van der Waals surface area (Å²) in [5, 5.41) is 0. The molecule has 10 heavy (non-hydrogen) atoms. The maximum absolute atomic E-state index is 10.7. The lowest BCUT2D eigenvalue weighted by Gasteiger charge is -1.99. The molecule has 0 aromatic heterocycles. The molecular weight excluding hydrogens is 148 g/mol. The Hall–Kier alpha value is -0.180. The van der Waals surface area contributed by atoms with Gasteiger partial charge in [0.1, 0.15) is 0 Å². The van der Waals surface area contributed by atoms with Crippen LogP contribution in [0.5, 0.6) is 0 Å². The molecule has 0 aliphatic rings. The summed E-state index contributed by atoms with van der Waals surface area (Å²) in [6.45, 7) is 5.93. The molecule has 0 atom stereocenters. The van der Waals surface area contributed by atoms with Gasteiger partial charge in [0.15, 0.2) is 0 Å². The predicted molar refractivity (Wildman–Crippen MR) is 43.9 cm³/mol. The Morgan fingerprint density at radius 1 is 1.70 bits per heavy atom. The zero-order valence-electron chi connectivity index (χ0n) is 6.26. The third-order valence-electron chi connectivity index (χ3n) is 0.900. The largest absolute Gasteiger partial charge is 0.466 e. The van der Waals surface area contributed by atoms with Crippen molar-refractivity contribution in [2.75, 3.05) is 18.1 Å². The van der Waals surface area contributed by atoms with E-state index in [1.165, 1.54) is 0 Å². The van der Waals surface area contributed by atoms with Gasteiger partial charge in [0, 0.05) is 5.75 Å². The molecule has 0 saturated heterocycles. The minimum absolute atomic E-state index is 0.108. The monoisotopic (exact) mass is 161 g/mol. The van der Waals surface area contributed by atoms with Gasteiger partial charge in [-0.2, -0.15) is 11.8 Å². The molecule has 2 nitrogen and oxygen atoms in total. The van der Waals surface area contributed by atoms with E-state index in [2.05, 4.69) is 6.92 Å². The van der Waals surface area contributed by atoms with E-state index in [-0.39, 0.29) is 5.97 Å². The fourth-order valence-corrected chi connectivity index (χ4v) is 1.01. The van der Waals surface area contributed by atoms with Crippen LogP contribution < -0.4 is 0 Å². The average Bonchev–Trinajstić information content (AvgIpc) is 1.89. The number of ether oxygens (including phenoxy) is 1. The molecular formula is C7H13O2S. The highest BCUT2D eigenvalue weighted by molar-refractivity contribution is 7.99. The van der Waals surface area contributed by atoms with Crippen LogP contribution in [0.1, 0.15) is 13.3 Å². The van der Waals surface area contributed by atoms with Crippen molar-refractivity contribution in [2.45, 2.75) is 13.3 Å². The number of hydrogen-bond acceptors (Lipinski definition) is 3. The van der Waals surface area contributed by atoms with E-state index in [9.17, 15) is 4.79 Å². The van der Waals surface area contributed by atoms with Crippen LogP contribution in [0.25, 0.3) is 0 Å². The van der Waals surface area contributed by atoms with Gasteiger partial charge in [0.2, 0.25) is 0 Å². The van der Waals surface area contributed by atoms with Gasteiger partial charge < -0.3 is 4.74 Å². The van der Waals surface area contributed by atoms with Gasteiger partial charge in [-0.3, -0.25) is 4.79 Å². The first-order valence-electron chi connectivity index (χ1n) is 3.33. The number of carbonyl (C=O) groups excluding carboxylic acids is 1. The highest BCUT2D eigenvalue weighted by Crippen LogP contribution is 2.01. The second kappa shape index (κ2) is 6.93. The lowest BCUT2D eigenvalue weighted by atomic mass is 10.5. The molecule has 59 valence electrons. The van der Waals surface area contributed by atoms with Gasteiger partial charge in [-0.15, -0.1) is 0 Å². The molecule has 0 spiro atoms. The lowest BCUT2D eigenvalue weighted by molar-refractivity contribution is -0.142. The topological polar surface area (TPSA) is 26.3 Å². The highest BCUT2D eigenvalue weighted by Gasteiger charge is 1.98. The van der Waals surface area contributed by atoms with E-state index < -0.39 is 0 Å². The molecule has 0 bridgehead atoms. The molecule has 1 radical (unpaired) electrons. The predicted octanol–water partition coefficient (Wildman–Crippen LogP) is 1.51. The highest BCUT2D eigenvalue weighted by atomic mass is 32.2. The summed E-state index contributed by atoms with van der Waals surface area (Å²) in [6.07, 6.45) is 0.508. The Labute approximate surface area is 66.3 Å². The molecule has 0 aliphatic carbocycles. The molecule has 0 aromatic carbocycles. The van der Waals surface area contributed by atoms with E-state index in [1.807, 2.05) is 6.92 Å². The zero-order chi connectivity index (χ0) is 7.82. The van der Waals surface area contributed by atoms with Crippen molar-refractivity contribution in [3.05, 3.63) is 6.92 Å². The van der Waals surface area contributed by atoms with Gasteiger partial charge in [-0.1, -0.05) is 0 Å². The van der Waals surface area contributed by atoms with Gasteiger partial charge >= 0.3 is 5.97 Å². The Morgan fingerprint density at radius 3 is 2.90 bits per heavy atom. The maximum Gasteiger partial charge on any atom is 0.306 e. The summed E-state index contributed by atoms with van der Waals surface area (Å²) >= 11 is 1.65. The molecule has 0 N–H and O–H groups in total. The SMILES string of the molecule is [CH2]CSCCC(=O)OCC. The zero-order valence-corrected chi connectivity index (χ0v) is 7.08. The van der Waals surface area contributed by atoms with Crippen LogP contribution in [0.2, 0.25) is 0 Å². The van der Waals surface area contributed by atoms with Gasteiger partial charge in [0.05, 0.1) is 13.0 Å². The summed E-state index contributed by atoms with van der Waals surface area (Å²) in [5.74, 6) is 1.53. The van der Waals surface area contributed by atoms with Crippen LogP contribution >= 0.6 is 11.8 Å². The van der Waals surface area contributed by atoms with Crippen LogP contribution in [0.15, 0.2) is 0 Å². The molecule has 0 fully saturated rings. The van der Waals surface area contributed by atoms with Crippen LogP contribution in [0.4, 0.5) is 0 Å². The number of hydrogen-bond donors (Lipinski definition) is 0. The Kier molecular flexibility index (Phi) is 6.81. The standard InChI is InChI=1S/C7H13O2S/c1-3-9-7(8)5-6-10-4-2/h2-6H2,1H3. The molecule has 0 amide bonds. The van der Waals surface area contributed by atoms with Crippen LogP contribution in [0.3, 0.4) is 0 Å². The molecule has 0 unspecified atom stereocenters. The van der Waals surface area contributed by atoms with E-state index in [0.29, 0.717) is 13.0 Å². The van der Waals surface area contributed by atoms with Crippen LogP contribution in [-0.4, -0.2) is 24.1 Å². The minimum atomic E-state index is -0.108. The third kappa shape index (κ3) is 5.95. The molecule has 0 rings (SSSR count). The minimum Gasteiger partial charge on any atom is -0.466 e. The number of thioether (sulfide) groups is 1. The molecule has 0 saturated carbocycles. The Bertz CT molecular complexity index is 93.6. The van der Waals surface area contributed by atoms with E-state index >= 15 is 0 Å². The molecule has 3 heteroatoms. The van der Waals surface area contributed by atoms with Gasteiger partial charge in [-0.25, -0.2) is 0 Å². The lowest BCUT2D eigenvalue weighted by Crippen LogP contribution is -2.04. The first-order valence-corrected chi connectivity index (χ1v) is 4.49. The van der Waals surface area contributed by atoms with E-state index in [4.69, 9.17) is 4.74 Å². The van der Waals surface area contributed by atoms with Crippen molar-refractivity contribution in [1.82, 2.24) is 0 Å². The summed E-state index contributed by atoms with van der Waals surface area (Å²) in [5.41, 5.74) is 0. The molecule has 0 aromatic rings. The second-order valence-corrected chi connectivity index (χ2v) is 2.89. The number of rotatable bonds is 5. The quantitative estimate of drug-likeness (QED) is 0.451. The van der Waals surface area contributed by atoms with Crippen molar-refractivity contribution in [3.8, 4) is 0 Å². The van der Waals surface area contributed by atoms with Crippen molar-refractivity contribution in [2.24, 2.45) is 0 Å². The maximum atomic E-state index is 10.7. The van der Waals surface area contributed by atoms with Crippen LogP contribution in [-0.2, 0) is 9.53 Å². The normalized spacial score (nSPS) is 9.40. The van der Waals surface area contributed by atoms with E-state index in [1.54, 1.807) is 11.8 Å².